The number of aromatic nitrogens is 3. The fourth-order valence-corrected chi connectivity index (χ4v) is 2.76. The summed E-state index contributed by atoms with van der Waals surface area (Å²) in [5, 5.41) is 5.06. The van der Waals surface area contributed by atoms with Gasteiger partial charge in [-0.25, -0.2) is 4.98 Å². The third-order valence-electron chi connectivity index (χ3n) is 2.81. The van der Waals surface area contributed by atoms with E-state index < -0.39 is 0 Å². The lowest BCUT2D eigenvalue weighted by atomic mass is 9.98. The molecule has 0 atom stereocenters. The molecule has 2 aromatic heterocycles. The molecule has 0 bridgehead atoms. The monoisotopic (exact) mass is 289 g/mol. The van der Waals surface area contributed by atoms with Gasteiger partial charge in [-0.15, -0.1) is 11.3 Å². The van der Waals surface area contributed by atoms with Crippen molar-refractivity contribution in [1.82, 2.24) is 14.8 Å². The highest BCUT2D eigenvalue weighted by molar-refractivity contribution is 7.14. The van der Waals surface area contributed by atoms with Crippen LogP contribution < -0.4 is 0 Å². The summed E-state index contributed by atoms with van der Waals surface area (Å²) in [4.78, 5) is 17.5. The maximum Gasteiger partial charge on any atom is 0.197 e. The Morgan fingerprint density at radius 3 is 2.60 bits per heavy atom. The van der Waals surface area contributed by atoms with Crippen molar-refractivity contribution >= 4 is 23.2 Å². The normalized spacial score (nSPS) is 12.2. The Morgan fingerprint density at radius 1 is 1.40 bits per heavy atom. The third kappa shape index (κ3) is 3.22. The molecule has 0 aliphatic rings. The molecule has 4 nitrogen and oxygen atoms in total. The van der Waals surface area contributed by atoms with Crippen LogP contribution in [0.4, 0.5) is 0 Å². The van der Waals surface area contributed by atoms with E-state index in [2.05, 4.69) is 30.9 Å². The Kier molecular flexibility index (Phi) is 3.90. The minimum Gasteiger partial charge on any atom is -0.288 e. The SMILES string of the molecule is Cc1nc(C(C)(C)C)sc1C(=O)/C=C/c1cnn(C)c1. The summed E-state index contributed by atoms with van der Waals surface area (Å²) in [6.45, 7) is 8.19. The Hall–Kier alpha value is -1.75. The van der Waals surface area contributed by atoms with Crippen molar-refractivity contribution < 1.29 is 4.79 Å². The van der Waals surface area contributed by atoms with Crippen LogP contribution >= 0.6 is 11.3 Å². The summed E-state index contributed by atoms with van der Waals surface area (Å²) in [5.74, 6) is -0.000599. The van der Waals surface area contributed by atoms with Crippen LogP contribution in [-0.2, 0) is 12.5 Å². The molecule has 0 N–H and O–H groups in total. The van der Waals surface area contributed by atoms with Crippen LogP contribution in [0, 0.1) is 6.92 Å². The number of nitrogens with zero attached hydrogens (tertiary/aromatic N) is 3. The predicted octanol–water partition coefficient (Wildman–Crippen LogP) is 3.38. The van der Waals surface area contributed by atoms with Crippen molar-refractivity contribution in [1.29, 1.82) is 0 Å². The standard InChI is InChI=1S/C15H19N3OS/c1-10-13(20-14(17-10)15(2,3)4)12(19)7-6-11-8-16-18(5)9-11/h6-9H,1-5H3/b7-6+. The average molecular weight is 289 g/mol. The molecule has 0 saturated carbocycles. The van der Waals surface area contributed by atoms with Gasteiger partial charge < -0.3 is 0 Å². The lowest BCUT2D eigenvalue weighted by Gasteiger charge is -2.13. The number of rotatable bonds is 3. The zero-order valence-corrected chi connectivity index (χ0v) is 13.3. The minimum absolute atomic E-state index is 0.000599. The van der Waals surface area contributed by atoms with Gasteiger partial charge in [0, 0.05) is 24.2 Å². The van der Waals surface area contributed by atoms with E-state index in [4.69, 9.17) is 0 Å². The molecule has 0 saturated heterocycles. The van der Waals surface area contributed by atoms with Crippen LogP contribution in [0.1, 0.15) is 46.7 Å². The molecule has 106 valence electrons. The van der Waals surface area contributed by atoms with Gasteiger partial charge in [0.25, 0.3) is 0 Å². The van der Waals surface area contributed by atoms with Gasteiger partial charge in [0.2, 0.25) is 0 Å². The average Bonchev–Trinajstić information content (AvgIpc) is 2.92. The molecule has 5 heteroatoms. The van der Waals surface area contributed by atoms with Gasteiger partial charge in [-0.2, -0.15) is 5.10 Å². The highest BCUT2D eigenvalue weighted by Crippen LogP contribution is 2.29. The first-order valence-corrected chi connectivity index (χ1v) is 7.28. The topological polar surface area (TPSA) is 47.8 Å². The zero-order chi connectivity index (χ0) is 14.9. The molecule has 0 amide bonds. The van der Waals surface area contributed by atoms with Gasteiger partial charge in [-0.3, -0.25) is 9.48 Å². The summed E-state index contributed by atoms with van der Waals surface area (Å²) in [6, 6.07) is 0. The summed E-state index contributed by atoms with van der Waals surface area (Å²) in [6.07, 6.45) is 6.96. The van der Waals surface area contributed by atoms with E-state index >= 15 is 0 Å². The molecular weight excluding hydrogens is 270 g/mol. The van der Waals surface area contributed by atoms with Gasteiger partial charge in [0.1, 0.15) is 0 Å². The van der Waals surface area contributed by atoms with Crippen molar-refractivity contribution in [2.45, 2.75) is 33.1 Å². The van der Waals surface area contributed by atoms with Gasteiger partial charge >= 0.3 is 0 Å². The number of aryl methyl sites for hydroxylation is 2. The maximum absolute atomic E-state index is 12.2. The first-order chi connectivity index (χ1) is 9.27. The molecular formula is C15H19N3OS. The van der Waals surface area contributed by atoms with Crippen molar-refractivity contribution in [3.05, 3.63) is 39.6 Å². The van der Waals surface area contributed by atoms with Crippen molar-refractivity contribution in [2.24, 2.45) is 7.05 Å². The zero-order valence-electron chi connectivity index (χ0n) is 12.5. The molecule has 0 spiro atoms. The first kappa shape index (κ1) is 14.7. The van der Waals surface area contributed by atoms with Crippen LogP contribution in [0.3, 0.4) is 0 Å². The second kappa shape index (κ2) is 5.32. The highest BCUT2D eigenvalue weighted by atomic mass is 32.1. The Labute approximate surface area is 123 Å². The van der Waals surface area contributed by atoms with Gasteiger partial charge in [-0.05, 0) is 19.1 Å². The Bertz CT molecular complexity index is 659. The highest BCUT2D eigenvalue weighted by Gasteiger charge is 2.22. The number of carbonyl (C=O) groups excluding carboxylic acids is 1. The Balaban J connectivity index is 2.21. The van der Waals surface area contributed by atoms with E-state index in [1.807, 2.05) is 20.2 Å². The minimum atomic E-state index is -0.0268. The first-order valence-electron chi connectivity index (χ1n) is 6.46. The molecule has 20 heavy (non-hydrogen) atoms. The van der Waals surface area contributed by atoms with Crippen LogP contribution in [0.5, 0.6) is 0 Å². The maximum atomic E-state index is 12.2. The fourth-order valence-electron chi connectivity index (χ4n) is 1.72. The van der Waals surface area contributed by atoms with E-state index in [0.29, 0.717) is 0 Å². The van der Waals surface area contributed by atoms with Crippen LogP contribution in [-0.4, -0.2) is 20.5 Å². The summed E-state index contributed by atoms with van der Waals surface area (Å²) >= 11 is 1.48. The largest absolute Gasteiger partial charge is 0.288 e. The Morgan fingerprint density at radius 2 is 2.10 bits per heavy atom. The lowest BCUT2D eigenvalue weighted by Crippen LogP contribution is -2.10. The number of carbonyl (C=O) groups is 1. The van der Waals surface area contributed by atoms with E-state index in [0.717, 1.165) is 21.1 Å². The van der Waals surface area contributed by atoms with Crippen LogP contribution in [0.15, 0.2) is 18.5 Å². The molecule has 0 aromatic carbocycles. The molecule has 0 fully saturated rings. The van der Waals surface area contributed by atoms with Crippen molar-refractivity contribution in [3.63, 3.8) is 0 Å². The van der Waals surface area contributed by atoms with Crippen molar-refractivity contribution in [3.8, 4) is 0 Å². The molecule has 0 unspecified atom stereocenters. The van der Waals surface area contributed by atoms with E-state index in [1.165, 1.54) is 11.3 Å². The third-order valence-corrected chi connectivity index (χ3v) is 4.41. The van der Waals surface area contributed by atoms with Gasteiger partial charge in [0.05, 0.1) is 21.8 Å². The molecule has 0 aliphatic heterocycles. The number of thiazole rings is 1. The number of ketones is 1. The number of hydrogen-bond donors (Lipinski definition) is 0. The molecule has 2 aromatic rings. The summed E-state index contributed by atoms with van der Waals surface area (Å²) in [5.41, 5.74) is 1.70. The quantitative estimate of drug-likeness (QED) is 0.643. The number of hydrogen-bond acceptors (Lipinski definition) is 4. The van der Waals surface area contributed by atoms with Crippen LogP contribution in [0.25, 0.3) is 6.08 Å². The molecule has 2 heterocycles. The lowest BCUT2D eigenvalue weighted by molar-refractivity contribution is 0.105. The second-order valence-electron chi connectivity index (χ2n) is 5.83. The molecule has 0 radical (unpaired) electrons. The van der Waals surface area contributed by atoms with Crippen molar-refractivity contribution in [2.75, 3.05) is 0 Å². The summed E-state index contributed by atoms with van der Waals surface area (Å²) in [7, 11) is 1.85. The second-order valence-corrected chi connectivity index (χ2v) is 6.83. The number of allylic oxidation sites excluding steroid dienone is 1. The molecule has 2 rings (SSSR count). The predicted molar refractivity (Wildman–Crippen MR) is 82.1 cm³/mol. The van der Waals surface area contributed by atoms with E-state index in [-0.39, 0.29) is 11.2 Å². The smallest absolute Gasteiger partial charge is 0.197 e. The van der Waals surface area contributed by atoms with Gasteiger partial charge in [-0.1, -0.05) is 20.8 Å². The van der Waals surface area contributed by atoms with Crippen LogP contribution in [0.2, 0.25) is 0 Å². The van der Waals surface area contributed by atoms with E-state index in [1.54, 1.807) is 23.0 Å². The van der Waals surface area contributed by atoms with Gasteiger partial charge in [0.15, 0.2) is 5.78 Å². The van der Waals surface area contributed by atoms with E-state index in [9.17, 15) is 4.79 Å². The fraction of sp³-hybridized carbons (Fsp3) is 0.400. The molecule has 0 aliphatic carbocycles. The summed E-state index contributed by atoms with van der Waals surface area (Å²) < 4.78 is 1.71.